The number of methoxy groups -OCH3 is 1. The summed E-state index contributed by atoms with van der Waals surface area (Å²) in [6, 6.07) is -1.39. The molecule has 6 nitrogen and oxygen atoms in total. The summed E-state index contributed by atoms with van der Waals surface area (Å²) >= 11 is 0. The van der Waals surface area contributed by atoms with E-state index in [1.165, 1.54) is 12.0 Å². The maximum absolute atomic E-state index is 10.9. The summed E-state index contributed by atoms with van der Waals surface area (Å²) in [5, 5.41) is 17.8. The van der Waals surface area contributed by atoms with Crippen LogP contribution in [0.4, 0.5) is 0 Å². The van der Waals surface area contributed by atoms with Gasteiger partial charge in [-0.1, -0.05) is 0 Å². The summed E-state index contributed by atoms with van der Waals surface area (Å²) in [6.07, 6.45) is 0.770. The molecule has 2 atom stereocenters. The largest absolute Gasteiger partial charge is 0.480 e. The minimum absolute atomic E-state index is 0.338. The number of likely N-dealkylation sites (tertiary alicyclic amines) is 1. The molecule has 1 heterocycles. The number of carboxylic acids is 2. The molecule has 0 amide bonds. The van der Waals surface area contributed by atoms with Gasteiger partial charge in [-0.2, -0.15) is 0 Å². The van der Waals surface area contributed by atoms with E-state index in [0.717, 1.165) is 0 Å². The van der Waals surface area contributed by atoms with Crippen LogP contribution in [-0.2, 0) is 14.3 Å². The molecule has 0 bridgehead atoms. The van der Waals surface area contributed by atoms with E-state index in [2.05, 4.69) is 0 Å². The van der Waals surface area contributed by atoms with Crippen LogP contribution < -0.4 is 0 Å². The van der Waals surface area contributed by atoms with Gasteiger partial charge in [-0.05, 0) is 12.8 Å². The highest BCUT2D eigenvalue weighted by atomic mass is 16.5. The van der Waals surface area contributed by atoms with Crippen molar-refractivity contribution in [2.45, 2.75) is 24.9 Å². The lowest BCUT2D eigenvalue weighted by molar-refractivity contribution is -0.147. The summed E-state index contributed by atoms with van der Waals surface area (Å²) in [7, 11) is 1.50. The van der Waals surface area contributed by atoms with Crippen LogP contribution in [0.2, 0.25) is 0 Å². The van der Waals surface area contributed by atoms with E-state index in [1.807, 2.05) is 0 Å². The molecule has 0 aromatic heterocycles. The number of hydrogen-bond donors (Lipinski definition) is 2. The Morgan fingerprint density at radius 3 is 2.07 bits per heavy atom. The second-order valence-electron chi connectivity index (χ2n) is 3.52. The monoisotopic (exact) mass is 217 g/mol. The van der Waals surface area contributed by atoms with Crippen LogP contribution in [0.1, 0.15) is 12.8 Å². The van der Waals surface area contributed by atoms with Crippen LogP contribution in [0, 0.1) is 0 Å². The van der Waals surface area contributed by atoms with Gasteiger partial charge in [-0.3, -0.25) is 14.5 Å². The lowest BCUT2D eigenvalue weighted by atomic mass is 10.2. The van der Waals surface area contributed by atoms with Gasteiger partial charge in [0.2, 0.25) is 0 Å². The number of hydrogen-bond acceptors (Lipinski definition) is 4. The molecule has 2 N–H and O–H groups in total. The second kappa shape index (κ2) is 5.09. The molecule has 1 aliphatic rings. The standard InChI is InChI=1S/C9H15NO5/c1-15-5-4-10-6(8(11)12)2-3-7(10)9(13)14/h6-7H,2-5H2,1H3,(H,11,12)(H,13,14). The fourth-order valence-electron chi connectivity index (χ4n) is 1.90. The molecule has 6 heteroatoms. The van der Waals surface area contributed by atoms with Crippen LogP contribution in [0.3, 0.4) is 0 Å². The SMILES string of the molecule is COCCN1C(C(=O)O)CCC1C(=O)O. The first-order valence-corrected chi connectivity index (χ1v) is 4.78. The molecule has 1 fully saturated rings. The summed E-state index contributed by atoms with van der Waals surface area (Å²) in [5.41, 5.74) is 0. The van der Waals surface area contributed by atoms with Gasteiger partial charge in [0.05, 0.1) is 6.61 Å². The molecule has 0 spiro atoms. The first-order chi connectivity index (χ1) is 7.07. The quantitative estimate of drug-likeness (QED) is 0.653. The third-order valence-corrected chi connectivity index (χ3v) is 2.64. The molecule has 0 radical (unpaired) electrons. The highest BCUT2D eigenvalue weighted by Crippen LogP contribution is 2.24. The van der Waals surface area contributed by atoms with E-state index in [9.17, 15) is 9.59 Å². The lowest BCUT2D eigenvalue weighted by Crippen LogP contribution is -2.45. The van der Waals surface area contributed by atoms with Crippen molar-refractivity contribution in [1.29, 1.82) is 0 Å². The van der Waals surface area contributed by atoms with Crippen LogP contribution >= 0.6 is 0 Å². The smallest absolute Gasteiger partial charge is 0.320 e. The molecule has 1 aliphatic heterocycles. The van der Waals surface area contributed by atoms with E-state index in [-0.39, 0.29) is 0 Å². The minimum Gasteiger partial charge on any atom is -0.480 e. The summed E-state index contributed by atoms with van der Waals surface area (Å²) < 4.78 is 4.83. The third-order valence-electron chi connectivity index (χ3n) is 2.64. The second-order valence-corrected chi connectivity index (χ2v) is 3.52. The first-order valence-electron chi connectivity index (χ1n) is 4.78. The number of carboxylic acid groups (broad SMARTS) is 2. The molecule has 0 saturated carbocycles. The zero-order valence-electron chi connectivity index (χ0n) is 8.55. The van der Waals surface area contributed by atoms with Gasteiger partial charge in [-0.25, -0.2) is 0 Å². The summed E-state index contributed by atoms with van der Waals surface area (Å²) in [5.74, 6) is -1.93. The molecule has 86 valence electrons. The molecule has 0 aliphatic carbocycles. The molecule has 2 unspecified atom stereocenters. The van der Waals surface area contributed by atoms with Crippen molar-refractivity contribution < 1.29 is 24.5 Å². The maximum Gasteiger partial charge on any atom is 0.320 e. The topological polar surface area (TPSA) is 87.1 Å². The van der Waals surface area contributed by atoms with Crippen molar-refractivity contribution in [2.24, 2.45) is 0 Å². The van der Waals surface area contributed by atoms with Crippen molar-refractivity contribution in [3.05, 3.63) is 0 Å². The predicted molar refractivity (Wildman–Crippen MR) is 50.7 cm³/mol. The van der Waals surface area contributed by atoms with Crippen molar-refractivity contribution in [1.82, 2.24) is 4.90 Å². The average Bonchev–Trinajstić information content (AvgIpc) is 2.57. The van der Waals surface area contributed by atoms with Gasteiger partial charge >= 0.3 is 11.9 Å². The van der Waals surface area contributed by atoms with E-state index >= 15 is 0 Å². The van der Waals surface area contributed by atoms with Crippen LogP contribution in [0.25, 0.3) is 0 Å². The van der Waals surface area contributed by atoms with Crippen LogP contribution in [0.15, 0.2) is 0 Å². The zero-order valence-corrected chi connectivity index (χ0v) is 8.55. The Labute approximate surface area is 87.4 Å². The molecule has 0 aromatic carbocycles. The Kier molecular flexibility index (Phi) is 4.05. The predicted octanol–water partition coefficient (Wildman–Crippen LogP) is -0.365. The average molecular weight is 217 g/mol. The number of aliphatic carboxylic acids is 2. The van der Waals surface area contributed by atoms with Crippen LogP contribution in [-0.4, -0.2) is 59.4 Å². The molecule has 1 saturated heterocycles. The van der Waals surface area contributed by atoms with Crippen molar-refractivity contribution in [2.75, 3.05) is 20.3 Å². The Hall–Kier alpha value is -1.14. The molecular formula is C9H15NO5. The van der Waals surface area contributed by atoms with Crippen LogP contribution in [0.5, 0.6) is 0 Å². The van der Waals surface area contributed by atoms with Gasteiger partial charge in [0.15, 0.2) is 0 Å². The maximum atomic E-state index is 10.9. The minimum atomic E-state index is -0.963. The fraction of sp³-hybridized carbons (Fsp3) is 0.778. The lowest BCUT2D eigenvalue weighted by Gasteiger charge is -2.24. The van der Waals surface area contributed by atoms with Crippen molar-refractivity contribution >= 4 is 11.9 Å². The van der Waals surface area contributed by atoms with E-state index in [4.69, 9.17) is 14.9 Å². The molecule has 1 rings (SSSR count). The zero-order chi connectivity index (χ0) is 11.4. The van der Waals surface area contributed by atoms with E-state index in [0.29, 0.717) is 26.0 Å². The molecule has 15 heavy (non-hydrogen) atoms. The van der Waals surface area contributed by atoms with E-state index < -0.39 is 24.0 Å². The Balaban J connectivity index is 2.68. The van der Waals surface area contributed by atoms with Crippen molar-refractivity contribution in [3.63, 3.8) is 0 Å². The Morgan fingerprint density at radius 2 is 1.73 bits per heavy atom. The summed E-state index contributed by atoms with van der Waals surface area (Å²) in [6.45, 7) is 0.679. The summed E-state index contributed by atoms with van der Waals surface area (Å²) in [4.78, 5) is 23.2. The Bertz CT molecular complexity index is 233. The number of nitrogens with zero attached hydrogens (tertiary/aromatic N) is 1. The first kappa shape index (κ1) is 11.9. The van der Waals surface area contributed by atoms with Gasteiger partial charge < -0.3 is 14.9 Å². The number of rotatable bonds is 5. The van der Waals surface area contributed by atoms with E-state index in [1.54, 1.807) is 0 Å². The van der Waals surface area contributed by atoms with Gasteiger partial charge in [0.1, 0.15) is 12.1 Å². The Morgan fingerprint density at radius 1 is 1.27 bits per heavy atom. The number of carbonyl (C=O) groups is 2. The van der Waals surface area contributed by atoms with Crippen molar-refractivity contribution in [3.8, 4) is 0 Å². The van der Waals surface area contributed by atoms with Gasteiger partial charge in [0, 0.05) is 13.7 Å². The molecule has 0 aromatic rings. The highest BCUT2D eigenvalue weighted by molar-refractivity contribution is 5.79. The van der Waals surface area contributed by atoms with Gasteiger partial charge in [0.25, 0.3) is 0 Å². The van der Waals surface area contributed by atoms with Gasteiger partial charge in [-0.15, -0.1) is 0 Å². The third kappa shape index (κ3) is 2.66. The normalized spacial score (nSPS) is 26.7. The number of ether oxygens (including phenoxy) is 1. The molecular weight excluding hydrogens is 202 g/mol. The highest BCUT2D eigenvalue weighted by Gasteiger charge is 2.41. The fourth-order valence-corrected chi connectivity index (χ4v) is 1.90.